The number of urea groups is 1. The van der Waals surface area contributed by atoms with Gasteiger partial charge in [0.25, 0.3) is 0 Å². The molecule has 0 bridgehead atoms. The lowest BCUT2D eigenvalue weighted by atomic mass is 9.84. The Morgan fingerprint density at radius 2 is 2.00 bits per heavy atom. The zero-order valence-electron chi connectivity index (χ0n) is 10.6. The number of unbranched alkanes of at least 4 members (excludes halogenated alkanes) is 1. The van der Waals surface area contributed by atoms with Crippen LogP contribution in [-0.4, -0.2) is 36.1 Å². The molecule has 4 nitrogen and oxygen atoms in total. The van der Waals surface area contributed by atoms with Gasteiger partial charge in [0.1, 0.15) is 0 Å². The van der Waals surface area contributed by atoms with Crippen LogP contribution in [0.4, 0.5) is 4.79 Å². The summed E-state index contributed by atoms with van der Waals surface area (Å²) in [5, 5.41) is 2.83. The number of amides is 2. The van der Waals surface area contributed by atoms with Crippen molar-refractivity contribution in [1.82, 2.24) is 10.2 Å². The van der Waals surface area contributed by atoms with Crippen LogP contribution in [0.3, 0.4) is 0 Å². The Labute approximate surface area is 98.6 Å². The second-order valence-electron chi connectivity index (χ2n) is 4.79. The maximum Gasteiger partial charge on any atom is 0.317 e. The summed E-state index contributed by atoms with van der Waals surface area (Å²) in [5.74, 6) is 0. The first-order chi connectivity index (χ1) is 7.61. The molecular formula is C12H25N3O. The second-order valence-corrected chi connectivity index (χ2v) is 4.79. The van der Waals surface area contributed by atoms with Gasteiger partial charge >= 0.3 is 6.03 Å². The summed E-state index contributed by atoms with van der Waals surface area (Å²) in [4.78, 5) is 13.5. The molecule has 1 fully saturated rings. The molecule has 0 aliphatic carbocycles. The summed E-state index contributed by atoms with van der Waals surface area (Å²) in [6.45, 7) is 6.42. The van der Waals surface area contributed by atoms with E-state index in [1.165, 1.54) is 12.8 Å². The molecule has 1 rings (SSSR count). The average molecular weight is 227 g/mol. The van der Waals surface area contributed by atoms with Gasteiger partial charge in [0, 0.05) is 25.2 Å². The normalized spacial score (nSPS) is 19.6. The molecule has 2 amide bonds. The Morgan fingerprint density at radius 3 is 2.50 bits per heavy atom. The molecule has 94 valence electrons. The number of piperidine rings is 1. The molecule has 1 saturated heterocycles. The van der Waals surface area contributed by atoms with Gasteiger partial charge in [-0.05, 0) is 26.2 Å². The fraction of sp³-hybridized carbons (Fsp3) is 0.917. The number of nitrogens with two attached hydrogens (primary N) is 1. The van der Waals surface area contributed by atoms with Crippen molar-refractivity contribution in [3.8, 4) is 0 Å². The van der Waals surface area contributed by atoms with Crippen LogP contribution in [0.25, 0.3) is 0 Å². The molecule has 1 aliphatic heterocycles. The van der Waals surface area contributed by atoms with E-state index in [1.54, 1.807) is 0 Å². The molecule has 0 unspecified atom stereocenters. The summed E-state index contributed by atoms with van der Waals surface area (Å²) in [6.07, 6.45) is 5.34. The van der Waals surface area contributed by atoms with Crippen molar-refractivity contribution in [3.05, 3.63) is 0 Å². The molecule has 0 atom stereocenters. The molecular weight excluding hydrogens is 202 g/mol. The molecule has 0 spiro atoms. The van der Waals surface area contributed by atoms with E-state index >= 15 is 0 Å². The number of carbonyl (C=O) groups excluding carboxylic acids is 1. The molecule has 0 aromatic heterocycles. The lowest BCUT2D eigenvalue weighted by Crippen LogP contribution is -2.53. The van der Waals surface area contributed by atoms with Crippen LogP contribution in [-0.2, 0) is 0 Å². The van der Waals surface area contributed by atoms with Crippen molar-refractivity contribution in [2.24, 2.45) is 5.73 Å². The topological polar surface area (TPSA) is 58.4 Å². The molecule has 0 aromatic carbocycles. The van der Waals surface area contributed by atoms with Crippen molar-refractivity contribution in [2.75, 3.05) is 19.6 Å². The third-order valence-electron chi connectivity index (χ3n) is 3.40. The van der Waals surface area contributed by atoms with Crippen LogP contribution in [0.2, 0.25) is 0 Å². The molecule has 0 aromatic rings. The molecule has 1 heterocycles. The predicted molar refractivity (Wildman–Crippen MR) is 66.3 cm³/mol. The lowest BCUT2D eigenvalue weighted by molar-refractivity contribution is 0.154. The number of hydrogen-bond donors (Lipinski definition) is 2. The number of nitrogens with zero attached hydrogens (tertiary/aromatic N) is 1. The van der Waals surface area contributed by atoms with E-state index in [4.69, 9.17) is 5.73 Å². The minimum Gasteiger partial charge on any atom is -0.338 e. The highest BCUT2D eigenvalue weighted by molar-refractivity contribution is 5.74. The first-order valence-corrected chi connectivity index (χ1v) is 6.43. The Kier molecular flexibility index (Phi) is 5.06. The molecule has 16 heavy (non-hydrogen) atoms. The van der Waals surface area contributed by atoms with Crippen LogP contribution in [0.5, 0.6) is 0 Å². The van der Waals surface area contributed by atoms with Gasteiger partial charge in [0.2, 0.25) is 0 Å². The van der Waals surface area contributed by atoms with Crippen LogP contribution >= 0.6 is 0 Å². The van der Waals surface area contributed by atoms with Crippen molar-refractivity contribution in [2.45, 2.75) is 51.5 Å². The number of hydrogen-bond acceptors (Lipinski definition) is 2. The Hall–Kier alpha value is -0.770. The van der Waals surface area contributed by atoms with Gasteiger partial charge in [-0.2, -0.15) is 0 Å². The van der Waals surface area contributed by atoms with Gasteiger partial charge in [-0.15, -0.1) is 0 Å². The van der Waals surface area contributed by atoms with E-state index in [2.05, 4.69) is 12.2 Å². The number of likely N-dealkylation sites (tertiary alicyclic amines) is 1. The molecule has 0 radical (unpaired) electrons. The van der Waals surface area contributed by atoms with Gasteiger partial charge in [0.05, 0.1) is 0 Å². The summed E-state index contributed by atoms with van der Waals surface area (Å²) < 4.78 is 0. The predicted octanol–water partition coefficient (Wildman–Crippen LogP) is 1.70. The smallest absolute Gasteiger partial charge is 0.317 e. The minimum absolute atomic E-state index is 0.0288. The molecule has 3 N–H and O–H groups in total. The fourth-order valence-electron chi connectivity index (χ4n) is 2.20. The summed E-state index contributed by atoms with van der Waals surface area (Å²) >= 11 is 0. The third-order valence-corrected chi connectivity index (χ3v) is 3.40. The van der Waals surface area contributed by atoms with E-state index in [-0.39, 0.29) is 11.6 Å². The van der Waals surface area contributed by atoms with Crippen LogP contribution < -0.4 is 11.1 Å². The maximum absolute atomic E-state index is 11.6. The van der Waals surface area contributed by atoms with E-state index < -0.39 is 0 Å². The summed E-state index contributed by atoms with van der Waals surface area (Å²) in [5.41, 5.74) is 6.29. The van der Waals surface area contributed by atoms with E-state index in [0.717, 1.165) is 32.4 Å². The van der Waals surface area contributed by atoms with Crippen LogP contribution in [0.15, 0.2) is 0 Å². The van der Waals surface area contributed by atoms with Crippen molar-refractivity contribution in [1.29, 1.82) is 0 Å². The minimum atomic E-state index is -0.0288. The number of nitrogens with one attached hydrogen (secondary N) is 1. The van der Waals surface area contributed by atoms with Crippen LogP contribution in [0.1, 0.15) is 46.0 Å². The highest BCUT2D eigenvalue weighted by Gasteiger charge is 2.31. The van der Waals surface area contributed by atoms with Gasteiger partial charge in [-0.3, -0.25) is 0 Å². The summed E-state index contributed by atoms with van der Waals surface area (Å²) in [6, 6.07) is 0.0556. The standard InChI is InChI=1S/C12H25N3O/c1-3-5-6-12(13)7-9-15(10-8-12)11(16)14-4-2/h3-10,13H2,1-2H3,(H,14,16). The Morgan fingerprint density at radius 1 is 1.38 bits per heavy atom. The fourth-order valence-corrected chi connectivity index (χ4v) is 2.20. The summed E-state index contributed by atoms with van der Waals surface area (Å²) in [7, 11) is 0. The largest absolute Gasteiger partial charge is 0.338 e. The average Bonchev–Trinajstić information content (AvgIpc) is 2.28. The monoisotopic (exact) mass is 227 g/mol. The molecule has 0 saturated carbocycles. The van der Waals surface area contributed by atoms with Gasteiger partial charge in [-0.1, -0.05) is 19.8 Å². The highest BCUT2D eigenvalue weighted by Crippen LogP contribution is 2.24. The number of carbonyl (C=O) groups is 1. The van der Waals surface area contributed by atoms with Crippen molar-refractivity contribution in [3.63, 3.8) is 0 Å². The number of rotatable bonds is 4. The van der Waals surface area contributed by atoms with Crippen LogP contribution in [0, 0.1) is 0 Å². The third kappa shape index (κ3) is 3.67. The lowest BCUT2D eigenvalue weighted by Gasteiger charge is -2.39. The van der Waals surface area contributed by atoms with E-state index in [1.807, 2.05) is 11.8 Å². The maximum atomic E-state index is 11.6. The highest BCUT2D eigenvalue weighted by atomic mass is 16.2. The van der Waals surface area contributed by atoms with Crippen molar-refractivity contribution >= 4 is 6.03 Å². The van der Waals surface area contributed by atoms with Gasteiger partial charge in [-0.25, -0.2) is 4.79 Å². The zero-order valence-corrected chi connectivity index (χ0v) is 10.6. The Bertz CT molecular complexity index is 222. The SMILES string of the molecule is CCCCC1(N)CCN(C(=O)NCC)CC1. The quantitative estimate of drug-likeness (QED) is 0.768. The van der Waals surface area contributed by atoms with E-state index in [0.29, 0.717) is 6.54 Å². The van der Waals surface area contributed by atoms with Gasteiger partial charge < -0.3 is 16.0 Å². The van der Waals surface area contributed by atoms with Gasteiger partial charge in [0.15, 0.2) is 0 Å². The first-order valence-electron chi connectivity index (χ1n) is 6.43. The Balaban J connectivity index is 2.35. The van der Waals surface area contributed by atoms with Crippen molar-refractivity contribution < 1.29 is 4.79 Å². The van der Waals surface area contributed by atoms with E-state index in [9.17, 15) is 4.79 Å². The molecule has 1 aliphatic rings. The molecule has 4 heteroatoms. The second kappa shape index (κ2) is 6.09. The zero-order chi connectivity index (χ0) is 12.0. The first kappa shape index (κ1) is 13.3.